The zero-order valence-corrected chi connectivity index (χ0v) is 12.1. The standard InChI is InChI=1S/C14H23F3N2O/c1-13(2)9-19(8-7-18-13)12(20)10-5-3-4-6-11(10)14(15,16)17/h10-11,18H,3-9H2,1-2H3. The van der Waals surface area contributed by atoms with E-state index in [9.17, 15) is 18.0 Å². The van der Waals surface area contributed by atoms with Crippen molar-refractivity contribution in [2.45, 2.75) is 51.2 Å². The number of carbonyl (C=O) groups excluding carboxylic acids is 1. The highest BCUT2D eigenvalue weighted by atomic mass is 19.4. The van der Waals surface area contributed by atoms with Crippen LogP contribution in [0.3, 0.4) is 0 Å². The highest BCUT2D eigenvalue weighted by Crippen LogP contribution is 2.42. The van der Waals surface area contributed by atoms with Crippen LogP contribution in [0.5, 0.6) is 0 Å². The quantitative estimate of drug-likeness (QED) is 0.805. The van der Waals surface area contributed by atoms with E-state index in [0.717, 1.165) is 6.42 Å². The fourth-order valence-electron chi connectivity index (χ4n) is 3.38. The molecule has 2 atom stereocenters. The minimum absolute atomic E-state index is 0.0926. The van der Waals surface area contributed by atoms with Crippen LogP contribution in [-0.2, 0) is 4.79 Å². The molecule has 6 heteroatoms. The Bertz CT molecular complexity index is 368. The van der Waals surface area contributed by atoms with Gasteiger partial charge in [0.15, 0.2) is 0 Å². The largest absolute Gasteiger partial charge is 0.392 e. The summed E-state index contributed by atoms with van der Waals surface area (Å²) in [5.74, 6) is -2.64. The van der Waals surface area contributed by atoms with E-state index >= 15 is 0 Å². The summed E-state index contributed by atoms with van der Waals surface area (Å²) in [5, 5.41) is 3.27. The number of halogens is 3. The van der Waals surface area contributed by atoms with Crippen molar-refractivity contribution in [1.82, 2.24) is 10.2 Å². The molecule has 0 aromatic carbocycles. The molecular formula is C14H23F3N2O. The van der Waals surface area contributed by atoms with Crippen LogP contribution in [0.25, 0.3) is 0 Å². The zero-order valence-electron chi connectivity index (χ0n) is 12.1. The summed E-state index contributed by atoms with van der Waals surface area (Å²) in [5.41, 5.74) is -0.226. The summed E-state index contributed by atoms with van der Waals surface area (Å²) in [6.45, 7) is 5.56. The van der Waals surface area contributed by atoms with Gasteiger partial charge in [-0.15, -0.1) is 0 Å². The molecule has 2 unspecified atom stereocenters. The van der Waals surface area contributed by atoms with Crippen molar-refractivity contribution in [2.75, 3.05) is 19.6 Å². The fraction of sp³-hybridized carbons (Fsp3) is 0.929. The van der Waals surface area contributed by atoms with Crippen molar-refractivity contribution < 1.29 is 18.0 Å². The molecule has 1 aliphatic heterocycles. The molecule has 20 heavy (non-hydrogen) atoms. The Balaban J connectivity index is 2.10. The maximum absolute atomic E-state index is 13.1. The predicted octanol–water partition coefficient (Wildman–Crippen LogP) is 2.57. The number of rotatable bonds is 1. The van der Waals surface area contributed by atoms with Crippen LogP contribution in [-0.4, -0.2) is 42.2 Å². The first-order valence-corrected chi connectivity index (χ1v) is 7.31. The van der Waals surface area contributed by atoms with Crippen LogP contribution in [0, 0.1) is 11.8 Å². The summed E-state index contributed by atoms with van der Waals surface area (Å²) in [6.07, 6.45) is -2.51. The van der Waals surface area contributed by atoms with E-state index in [1.807, 2.05) is 13.8 Å². The second-order valence-electron chi connectivity index (χ2n) is 6.61. The average Bonchev–Trinajstić information content (AvgIpc) is 2.35. The van der Waals surface area contributed by atoms with Crippen LogP contribution in [0.1, 0.15) is 39.5 Å². The van der Waals surface area contributed by atoms with Gasteiger partial charge in [-0.3, -0.25) is 4.79 Å². The average molecular weight is 292 g/mol. The molecule has 1 heterocycles. The zero-order chi connectivity index (χ0) is 15.0. The fourth-order valence-corrected chi connectivity index (χ4v) is 3.38. The predicted molar refractivity (Wildman–Crippen MR) is 70.2 cm³/mol. The Labute approximate surface area is 117 Å². The molecule has 2 rings (SSSR count). The summed E-state index contributed by atoms with van der Waals surface area (Å²) < 4.78 is 39.3. The SMILES string of the molecule is CC1(C)CN(C(=O)C2CCCCC2C(F)(F)F)CCN1. The van der Waals surface area contributed by atoms with Gasteiger partial charge in [-0.25, -0.2) is 0 Å². The first kappa shape index (κ1) is 15.6. The molecule has 1 aliphatic carbocycles. The molecule has 0 aromatic rings. The molecule has 1 amide bonds. The van der Waals surface area contributed by atoms with E-state index in [2.05, 4.69) is 5.32 Å². The lowest BCUT2D eigenvalue weighted by molar-refractivity contribution is -0.201. The minimum atomic E-state index is -4.26. The van der Waals surface area contributed by atoms with Gasteiger partial charge in [-0.2, -0.15) is 13.2 Å². The Morgan fingerprint density at radius 2 is 1.90 bits per heavy atom. The van der Waals surface area contributed by atoms with E-state index in [1.165, 1.54) is 0 Å². The first-order chi connectivity index (χ1) is 9.21. The van der Waals surface area contributed by atoms with Crippen molar-refractivity contribution in [3.8, 4) is 0 Å². The second-order valence-corrected chi connectivity index (χ2v) is 6.61. The maximum Gasteiger partial charge on any atom is 0.392 e. The third kappa shape index (κ3) is 3.45. The van der Waals surface area contributed by atoms with Gasteiger partial charge in [-0.1, -0.05) is 12.8 Å². The Kier molecular flexibility index (Phi) is 4.33. The van der Waals surface area contributed by atoms with E-state index in [1.54, 1.807) is 4.90 Å². The summed E-state index contributed by atoms with van der Waals surface area (Å²) in [7, 11) is 0. The number of nitrogens with zero attached hydrogens (tertiary/aromatic N) is 1. The molecule has 0 aromatic heterocycles. The van der Waals surface area contributed by atoms with Gasteiger partial charge in [0, 0.05) is 31.1 Å². The van der Waals surface area contributed by atoms with Gasteiger partial charge in [0.1, 0.15) is 0 Å². The topological polar surface area (TPSA) is 32.3 Å². The molecule has 0 bridgehead atoms. The lowest BCUT2D eigenvalue weighted by atomic mass is 9.77. The first-order valence-electron chi connectivity index (χ1n) is 7.31. The Morgan fingerprint density at radius 1 is 1.25 bits per heavy atom. The molecular weight excluding hydrogens is 269 g/mol. The van der Waals surface area contributed by atoms with E-state index in [0.29, 0.717) is 32.5 Å². The lowest BCUT2D eigenvalue weighted by Gasteiger charge is -2.42. The molecule has 1 saturated carbocycles. The number of alkyl halides is 3. The van der Waals surface area contributed by atoms with Crippen LogP contribution in [0.15, 0.2) is 0 Å². The van der Waals surface area contributed by atoms with Crippen molar-refractivity contribution in [3.63, 3.8) is 0 Å². The van der Waals surface area contributed by atoms with E-state index in [-0.39, 0.29) is 17.9 Å². The number of hydrogen-bond donors (Lipinski definition) is 1. The van der Waals surface area contributed by atoms with Gasteiger partial charge in [0.05, 0.1) is 5.92 Å². The van der Waals surface area contributed by atoms with Gasteiger partial charge >= 0.3 is 6.18 Å². The summed E-state index contributed by atoms with van der Waals surface area (Å²) in [6, 6.07) is 0. The normalized spacial score (nSPS) is 31.1. The lowest BCUT2D eigenvalue weighted by Crippen LogP contribution is -2.60. The Morgan fingerprint density at radius 3 is 2.50 bits per heavy atom. The number of piperazine rings is 1. The molecule has 0 spiro atoms. The Hall–Kier alpha value is -0.780. The number of carbonyl (C=O) groups is 1. The molecule has 2 aliphatic rings. The monoisotopic (exact) mass is 292 g/mol. The van der Waals surface area contributed by atoms with Crippen LogP contribution < -0.4 is 5.32 Å². The van der Waals surface area contributed by atoms with Crippen molar-refractivity contribution >= 4 is 5.91 Å². The van der Waals surface area contributed by atoms with E-state index < -0.39 is 18.0 Å². The van der Waals surface area contributed by atoms with Gasteiger partial charge in [-0.05, 0) is 26.7 Å². The van der Waals surface area contributed by atoms with E-state index in [4.69, 9.17) is 0 Å². The third-order valence-electron chi connectivity index (χ3n) is 4.39. The third-order valence-corrected chi connectivity index (χ3v) is 4.39. The highest BCUT2D eigenvalue weighted by Gasteiger charge is 2.49. The van der Waals surface area contributed by atoms with Crippen LogP contribution in [0.4, 0.5) is 13.2 Å². The molecule has 0 radical (unpaired) electrons. The molecule has 116 valence electrons. The molecule has 1 N–H and O–H groups in total. The van der Waals surface area contributed by atoms with Crippen molar-refractivity contribution in [1.29, 1.82) is 0 Å². The van der Waals surface area contributed by atoms with Gasteiger partial charge in [0.25, 0.3) is 0 Å². The second kappa shape index (κ2) is 5.54. The van der Waals surface area contributed by atoms with Crippen molar-refractivity contribution in [3.05, 3.63) is 0 Å². The van der Waals surface area contributed by atoms with Gasteiger partial charge < -0.3 is 10.2 Å². The van der Waals surface area contributed by atoms with Crippen LogP contribution >= 0.6 is 0 Å². The number of hydrogen-bond acceptors (Lipinski definition) is 2. The van der Waals surface area contributed by atoms with Crippen LogP contribution in [0.2, 0.25) is 0 Å². The van der Waals surface area contributed by atoms with Crippen molar-refractivity contribution in [2.24, 2.45) is 11.8 Å². The summed E-state index contributed by atoms with van der Waals surface area (Å²) >= 11 is 0. The smallest absolute Gasteiger partial charge is 0.339 e. The summed E-state index contributed by atoms with van der Waals surface area (Å²) in [4.78, 5) is 14.1. The molecule has 2 fully saturated rings. The minimum Gasteiger partial charge on any atom is -0.339 e. The number of amides is 1. The molecule has 1 saturated heterocycles. The van der Waals surface area contributed by atoms with Gasteiger partial charge in [0.2, 0.25) is 5.91 Å². The number of nitrogens with one attached hydrogen (secondary N) is 1. The molecule has 3 nitrogen and oxygen atoms in total. The highest BCUT2D eigenvalue weighted by molar-refractivity contribution is 5.79. The maximum atomic E-state index is 13.1.